The molecule has 1 heterocycles. The normalized spacial score (nSPS) is 17.4. The fraction of sp³-hybridized carbons (Fsp3) is 0.800. The maximum absolute atomic E-state index is 5.90. The summed E-state index contributed by atoms with van der Waals surface area (Å²) in [6, 6.07) is 3.21. The number of nitrogens with zero attached hydrogens (tertiary/aromatic N) is 3. The van der Waals surface area contributed by atoms with Crippen molar-refractivity contribution in [3.63, 3.8) is 0 Å². The lowest BCUT2D eigenvalue weighted by Gasteiger charge is -2.26. The lowest BCUT2D eigenvalue weighted by atomic mass is 10.1. The maximum atomic E-state index is 5.90. The zero-order chi connectivity index (χ0) is 13.8. The molecule has 1 aromatic rings. The van der Waals surface area contributed by atoms with Gasteiger partial charge in [-0.2, -0.15) is 5.10 Å². The van der Waals surface area contributed by atoms with Crippen LogP contribution in [0, 0.1) is 5.92 Å². The van der Waals surface area contributed by atoms with Crippen molar-refractivity contribution in [2.75, 3.05) is 13.6 Å². The van der Waals surface area contributed by atoms with Crippen LogP contribution in [0.5, 0.6) is 0 Å². The number of hydrogen-bond donors (Lipinski definition) is 1. The first kappa shape index (κ1) is 14.5. The van der Waals surface area contributed by atoms with E-state index in [2.05, 4.69) is 42.7 Å². The van der Waals surface area contributed by atoms with Gasteiger partial charge in [0.1, 0.15) is 0 Å². The molecule has 0 bridgehead atoms. The molecule has 4 heteroatoms. The highest BCUT2D eigenvalue weighted by Gasteiger charge is 2.32. The summed E-state index contributed by atoms with van der Waals surface area (Å²) in [7, 11) is 2.17. The molecular formula is C15H28N4. The van der Waals surface area contributed by atoms with Crippen LogP contribution < -0.4 is 5.73 Å². The van der Waals surface area contributed by atoms with Crippen LogP contribution in [0.25, 0.3) is 0 Å². The van der Waals surface area contributed by atoms with Crippen molar-refractivity contribution in [1.29, 1.82) is 0 Å². The second kappa shape index (κ2) is 6.53. The number of nitrogens with two attached hydrogens (primary N) is 1. The number of aromatic nitrogens is 2. The number of hydrogen-bond acceptors (Lipinski definition) is 3. The Morgan fingerprint density at radius 3 is 2.63 bits per heavy atom. The third kappa shape index (κ3) is 3.57. The Bertz CT molecular complexity index is 379. The van der Waals surface area contributed by atoms with E-state index in [1.54, 1.807) is 0 Å². The second-order valence-electron chi connectivity index (χ2n) is 5.81. The SMILES string of the molecule is CCC(CC)n1ccc(CN(C)C(CN)C2CC2)n1. The molecule has 0 saturated heterocycles. The fourth-order valence-corrected chi connectivity index (χ4v) is 2.91. The van der Waals surface area contributed by atoms with Crippen molar-refractivity contribution in [3.05, 3.63) is 18.0 Å². The summed E-state index contributed by atoms with van der Waals surface area (Å²) >= 11 is 0. The minimum atomic E-state index is 0.526. The van der Waals surface area contributed by atoms with E-state index in [1.807, 2.05) is 0 Å². The van der Waals surface area contributed by atoms with E-state index in [0.717, 1.165) is 37.5 Å². The molecule has 0 amide bonds. The molecule has 1 aliphatic rings. The van der Waals surface area contributed by atoms with Gasteiger partial charge in [0, 0.05) is 25.3 Å². The molecule has 0 aliphatic heterocycles. The van der Waals surface area contributed by atoms with Crippen molar-refractivity contribution >= 4 is 0 Å². The predicted octanol–water partition coefficient (Wildman–Crippen LogP) is 2.41. The molecule has 1 aliphatic carbocycles. The summed E-state index contributed by atoms with van der Waals surface area (Å²) in [5.41, 5.74) is 7.06. The molecule has 2 rings (SSSR count). The Balaban J connectivity index is 1.95. The quantitative estimate of drug-likeness (QED) is 0.784. The van der Waals surface area contributed by atoms with Crippen molar-refractivity contribution in [2.24, 2.45) is 11.7 Å². The van der Waals surface area contributed by atoms with E-state index in [1.165, 1.54) is 12.8 Å². The molecule has 4 nitrogen and oxygen atoms in total. The molecule has 19 heavy (non-hydrogen) atoms. The van der Waals surface area contributed by atoms with Gasteiger partial charge in [-0.1, -0.05) is 13.8 Å². The molecule has 0 spiro atoms. The average molecular weight is 264 g/mol. The molecule has 1 unspecified atom stereocenters. The summed E-state index contributed by atoms with van der Waals surface area (Å²) in [5.74, 6) is 0.816. The molecule has 1 atom stereocenters. The molecule has 1 fully saturated rings. The highest BCUT2D eigenvalue weighted by molar-refractivity contribution is 5.01. The summed E-state index contributed by atoms with van der Waals surface area (Å²) in [6.45, 7) is 6.11. The van der Waals surface area contributed by atoms with Gasteiger partial charge in [-0.05, 0) is 44.7 Å². The van der Waals surface area contributed by atoms with E-state index in [9.17, 15) is 0 Å². The highest BCUT2D eigenvalue weighted by atomic mass is 15.3. The van der Waals surface area contributed by atoms with Crippen LogP contribution in [0.1, 0.15) is 51.3 Å². The predicted molar refractivity (Wildman–Crippen MR) is 78.9 cm³/mol. The van der Waals surface area contributed by atoms with Gasteiger partial charge in [0.2, 0.25) is 0 Å². The first-order chi connectivity index (χ1) is 9.19. The molecule has 0 aromatic carbocycles. The first-order valence-corrected chi connectivity index (χ1v) is 7.63. The lowest BCUT2D eigenvalue weighted by Crippen LogP contribution is -2.39. The van der Waals surface area contributed by atoms with Crippen molar-refractivity contribution in [2.45, 2.75) is 58.2 Å². The fourth-order valence-electron chi connectivity index (χ4n) is 2.91. The molecule has 1 saturated carbocycles. The van der Waals surface area contributed by atoms with Crippen molar-refractivity contribution in [3.8, 4) is 0 Å². The molecule has 1 aromatic heterocycles. The first-order valence-electron chi connectivity index (χ1n) is 7.63. The Morgan fingerprint density at radius 2 is 2.11 bits per heavy atom. The topological polar surface area (TPSA) is 47.1 Å². The van der Waals surface area contributed by atoms with E-state index >= 15 is 0 Å². The third-order valence-electron chi connectivity index (χ3n) is 4.37. The number of likely N-dealkylation sites (N-methyl/N-ethyl adjacent to an activating group) is 1. The van der Waals surface area contributed by atoms with Crippen LogP contribution in [0.4, 0.5) is 0 Å². The zero-order valence-electron chi connectivity index (χ0n) is 12.5. The van der Waals surface area contributed by atoms with Gasteiger partial charge in [-0.25, -0.2) is 0 Å². The minimum Gasteiger partial charge on any atom is -0.329 e. The summed E-state index contributed by atoms with van der Waals surface area (Å²) < 4.78 is 2.12. The largest absolute Gasteiger partial charge is 0.329 e. The Hall–Kier alpha value is -0.870. The highest BCUT2D eigenvalue weighted by Crippen LogP contribution is 2.34. The maximum Gasteiger partial charge on any atom is 0.0764 e. The monoisotopic (exact) mass is 264 g/mol. The summed E-state index contributed by atoms with van der Waals surface area (Å²) in [6.07, 6.45) is 7.08. The molecule has 108 valence electrons. The van der Waals surface area contributed by atoms with Gasteiger partial charge in [-0.3, -0.25) is 9.58 Å². The van der Waals surface area contributed by atoms with Gasteiger partial charge < -0.3 is 5.73 Å². The van der Waals surface area contributed by atoms with Crippen LogP contribution >= 0.6 is 0 Å². The molecular weight excluding hydrogens is 236 g/mol. The second-order valence-corrected chi connectivity index (χ2v) is 5.81. The van der Waals surface area contributed by atoms with Crippen LogP contribution in [0.2, 0.25) is 0 Å². The Morgan fingerprint density at radius 1 is 1.42 bits per heavy atom. The Kier molecular flexibility index (Phi) is 4.99. The van der Waals surface area contributed by atoms with Crippen LogP contribution in [0.15, 0.2) is 12.3 Å². The van der Waals surface area contributed by atoms with Crippen LogP contribution in [-0.2, 0) is 6.54 Å². The van der Waals surface area contributed by atoms with Gasteiger partial charge in [0.05, 0.1) is 11.7 Å². The standard InChI is InChI=1S/C15H28N4/c1-4-14(5-2)19-9-8-13(17-19)11-18(3)15(10-16)12-6-7-12/h8-9,12,14-15H,4-7,10-11,16H2,1-3H3. The summed E-state index contributed by atoms with van der Waals surface area (Å²) in [4.78, 5) is 2.37. The van der Waals surface area contributed by atoms with E-state index in [4.69, 9.17) is 10.8 Å². The summed E-state index contributed by atoms with van der Waals surface area (Å²) in [5, 5.41) is 4.72. The smallest absolute Gasteiger partial charge is 0.0764 e. The van der Waals surface area contributed by atoms with Crippen LogP contribution in [0.3, 0.4) is 0 Å². The van der Waals surface area contributed by atoms with Gasteiger partial charge in [0.15, 0.2) is 0 Å². The Labute approximate surface area is 117 Å². The lowest BCUT2D eigenvalue weighted by molar-refractivity contribution is 0.212. The van der Waals surface area contributed by atoms with Gasteiger partial charge >= 0.3 is 0 Å². The van der Waals surface area contributed by atoms with Gasteiger partial charge in [0.25, 0.3) is 0 Å². The van der Waals surface area contributed by atoms with E-state index in [-0.39, 0.29) is 0 Å². The van der Waals surface area contributed by atoms with Crippen LogP contribution in [-0.4, -0.2) is 34.3 Å². The van der Waals surface area contributed by atoms with Crippen molar-refractivity contribution in [1.82, 2.24) is 14.7 Å². The minimum absolute atomic E-state index is 0.526. The van der Waals surface area contributed by atoms with E-state index < -0.39 is 0 Å². The van der Waals surface area contributed by atoms with Gasteiger partial charge in [-0.15, -0.1) is 0 Å². The van der Waals surface area contributed by atoms with Crippen molar-refractivity contribution < 1.29 is 0 Å². The average Bonchev–Trinajstić information content (AvgIpc) is 3.13. The zero-order valence-corrected chi connectivity index (χ0v) is 12.5. The van der Waals surface area contributed by atoms with E-state index in [0.29, 0.717) is 12.1 Å². The molecule has 2 N–H and O–H groups in total. The molecule has 0 radical (unpaired) electrons. The number of rotatable bonds is 8. The third-order valence-corrected chi connectivity index (χ3v) is 4.37.